The van der Waals surface area contributed by atoms with E-state index >= 15 is 0 Å². The number of fused-ring (bicyclic) bond motifs is 2. The van der Waals surface area contributed by atoms with E-state index < -0.39 is 0 Å². The molecule has 0 bridgehead atoms. The molecule has 2 nitrogen and oxygen atoms in total. The Morgan fingerprint density at radius 2 is 1.36 bits per heavy atom. The third-order valence-electron chi connectivity index (χ3n) is 4.30. The van der Waals surface area contributed by atoms with Crippen molar-refractivity contribution in [3.8, 4) is 11.4 Å². The number of pyridine rings is 2. The van der Waals surface area contributed by atoms with Gasteiger partial charge in [0.05, 0.1) is 5.39 Å². The van der Waals surface area contributed by atoms with Gasteiger partial charge in [-0.15, -0.1) is 0 Å². The fourth-order valence-electron chi connectivity index (χ4n) is 3.15. The van der Waals surface area contributed by atoms with Crippen molar-refractivity contribution >= 4 is 21.5 Å². The Balaban J connectivity index is 2.15. The molecule has 2 heteroatoms. The zero-order chi connectivity index (χ0) is 15.1. The molecule has 0 aliphatic rings. The average molecular weight is 286 g/mol. The lowest BCUT2D eigenvalue weighted by atomic mass is 10.0. The first-order valence-electron chi connectivity index (χ1n) is 7.50. The first kappa shape index (κ1) is 13.0. The fraction of sp³-hybridized carbons (Fsp3) is 0.100. The predicted octanol–water partition coefficient (Wildman–Crippen LogP) is 3.31. The maximum atomic E-state index is 2.30. The van der Waals surface area contributed by atoms with Crippen LogP contribution in [-0.4, -0.2) is 0 Å². The van der Waals surface area contributed by atoms with Crippen LogP contribution < -0.4 is 9.13 Å². The van der Waals surface area contributed by atoms with Gasteiger partial charge in [-0.05, 0) is 34.4 Å². The number of rotatable bonds is 1. The zero-order valence-electron chi connectivity index (χ0n) is 12.8. The third kappa shape index (κ3) is 1.96. The number of aromatic nitrogens is 2. The lowest BCUT2D eigenvalue weighted by Gasteiger charge is -2.05. The summed E-state index contributed by atoms with van der Waals surface area (Å²) in [6.07, 6.45) is 4.23. The zero-order valence-corrected chi connectivity index (χ0v) is 12.8. The van der Waals surface area contributed by atoms with Crippen LogP contribution in [0.5, 0.6) is 0 Å². The van der Waals surface area contributed by atoms with Crippen molar-refractivity contribution in [3.05, 3.63) is 73.1 Å². The van der Waals surface area contributed by atoms with Crippen LogP contribution in [0.1, 0.15) is 0 Å². The Kier molecular flexibility index (Phi) is 2.90. The summed E-state index contributed by atoms with van der Waals surface area (Å²) in [4.78, 5) is 0. The molecule has 0 aliphatic heterocycles. The quantitative estimate of drug-likeness (QED) is 0.375. The van der Waals surface area contributed by atoms with Gasteiger partial charge in [0.1, 0.15) is 14.1 Å². The highest BCUT2D eigenvalue weighted by atomic mass is 15.0. The second-order valence-corrected chi connectivity index (χ2v) is 5.76. The Morgan fingerprint density at radius 1 is 0.636 bits per heavy atom. The van der Waals surface area contributed by atoms with E-state index in [1.165, 1.54) is 32.9 Å². The molecule has 0 spiro atoms. The summed E-state index contributed by atoms with van der Waals surface area (Å²) in [6, 6.07) is 21.6. The van der Waals surface area contributed by atoms with Gasteiger partial charge in [-0.2, -0.15) is 9.13 Å². The Hall–Kier alpha value is -2.74. The van der Waals surface area contributed by atoms with Gasteiger partial charge >= 0.3 is 0 Å². The van der Waals surface area contributed by atoms with Gasteiger partial charge in [-0.3, -0.25) is 0 Å². The van der Waals surface area contributed by atoms with E-state index in [2.05, 4.69) is 96.3 Å². The fourth-order valence-corrected chi connectivity index (χ4v) is 3.15. The SMILES string of the molecule is C[n+]1ccccc1-c1c2cc3ccccc3cc2cc[n+]1C. The molecule has 0 aliphatic carbocycles. The highest BCUT2D eigenvalue weighted by molar-refractivity contribution is 6.02. The number of hydrogen-bond donors (Lipinski definition) is 0. The van der Waals surface area contributed by atoms with E-state index in [-0.39, 0.29) is 0 Å². The maximum absolute atomic E-state index is 2.30. The normalized spacial score (nSPS) is 11.2. The van der Waals surface area contributed by atoms with E-state index in [9.17, 15) is 0 Å². The molecule has 4 aromatic rings. The van der Waals surface area contributed by atoms with Gasteiger partial charge in [0.25, 0.3) is 11.4 Å². The van der Waals surface area contributed by atoms with Crippen LogP contribution in [0.3, 0.4) is 0 Å². The summed E-state index contributed by atoms with van der Waals surface area (Å²) in [7, 11) is 4.20. The number of nitrogens with zero attached hydrogens (tertiary/aromatic N) is 2. The molecule has 0 amide bonds. The lowest BCUT2D eigenvalue weighted by molar-refractivity contribution is -0.689. The van der Waals surface area contributed by atoms with Crippen molar-refractivity contribution < 1.29 is 9.13 Å². The maximum Gasteiger partial charge on any atom is 0.285 e. The molecular formula is C20H18N2+2. The van der Waals surface area contributed by atoms with Gasteiger partial charge < -0.3 is 0 Å². The van der Waals surface area contributed by atoms with Gasteiger partial charge in [-0.25, -0.2) is 0 Å². The standard InChI is InChI=1S/C20H18N2/c1-21-11-6-5-9-19(21)20-18-14-16-8-4-3-7-15(16)13-17(18)10-12-22(20)2/h3-14H,1-2H3/q+2. The largest absolute Gasteiger partial charge is 0.285 e. The van der Waals surface area contributed by atoms with E-state index in [0.717, 1.165) is 0 Å². The number of aryl methyl sites for hydroxylation is 2. The second-order valence-electron chi connectivity index (χ2n) is 5.76. The summed E-state index contributed by atoms with van der Waals surface area (Å²) in [5.74, 6) is 0. The van der Waals surface area contributed by atoms with Crippen molar-refractivity contribution in [1.29, 1.82) is 0 Å². The molecule has 0 saturated carbocycles. The summed E-state index contributed by atoms with van der Waals surface area (Å²) in [5.41, 5.74) is 2.46. The summed E-state index contributed by atoms with van der Waals surface area (Å²) < 4.78 is 4.37. The van der Waals surface area contributed by atoms with Crippen LogP contribution >= 0.6 is 0 Å². The topological polar surface area (TPSA) is 7.76 Å². The van der Waals surface area contributed by atoms with E-state index in [1.54, 1.807) is 0 Å². The Morgan fingerprint density at radius 3 is 2.14 bits per heavy atom. The first-order chi connectivity index (χ1) is 10.7. The molecule has 106 valence electrons. The summed E-state index contributed by atoms with van der Waals surface area (Å²) in [5, 5.41) is 5.12. The predicted molar refractivity (Wildman–Crippen MR) is 89.2 cm³/mol. The van der Waals surface area contributed by atoms with Gasteiger partial charge in [0.2, 0.25) is 0 Å². The van der Waals surface area contributed by atoms with Crippen LogP contribution in [0.25, 0.3) is 32.9 Å². The molecule has 22 heavy (non-hydrogen) atoms. The molecule has 0 N–H and O–H groups in total. The highest BCUT2D eigenvalue weighted by Gasteiger charge is 2.22. The van der Waals surface area contributed by atoms with Crippen molar-refractivity contribution in [2.45, 2.75) is 0 Å². The van der Waals surface area contributed by atoms with Crippen LogP contribution in [0, 0.1) is 0 Å². The van der Waals surface area contributed by atoms with Crippen molar-refractivity contribution in [2.24, 2.45) is 14.1 Å². The van der Waals surface area contributed by atoms with Crippen molar-refractivity contribution in [2.75, 3.05) is 0 Å². The number of hydrogen-bond acceptors (Lipinski definition) is 0. The van der Waals surface area contributed by atoms with Gasteiger partial charge in [0, 0.05) is 18.2 Å². The highest BCUT2D eigenvalue weighted by Crippen LogP contribution is 2.27. The van der Waals surface area contributed by atoms with Crippen LogP contribution in [-0.2, 0) is 14.1 Å². The minimum atomic E-state index is 1.21. The minimum Gasteiger partial charge on any atom is -0.196 e. The molecule has 0 radical (unpaired) electrons. The molecule has 0 atom stereocenters. The second kappa shape index (κ2) is 4.92. The number of benzene rings is 2. The summed E-state index contributed by atoms with van der Waals surface area (Å²) >= 11 is 0. The van der Waals surface area contributed by atoms with Crippen molar-refractivity contribution in [3.63, 3.8) is 0 Å². The molecule has 0 saturated heterocycles. The van der Waals surface area contributed by atoms with Gasteiger partial charge in [0.15, 0.2) is 12.4 Å². The third-order valence-corrected chi connectivity index (χ3v) is 4.30. The van der Waals surface area contributed by atoms with Gasteiger partial charge in [-0.1, -0.05) is 24.3 Å². The first-order valence-corrected chi connectivity index (χ1v) is 7.50. The van der Waals surface area contributed by atoms with Crippen LogP contribution in [0.15, 0.2) is 73.1 Å². The molecule has 0 unspecified atom stereocenters. The molecule has 2 heterocycles. The van der Waals surface area contributed by atoms with Crippen molar-refractivity contribution in [1.82, 2.24) is 0 Å². The Bertz CT molecular complexity index is 1000. The van der Waals surface area contributed by atoms with E-state index in [4.69, 9.17) is 0 Å². The molecule has 4 rings (SSSR count). The lowest BCUT2D eigenvalue weighted by Crippen LogP contribution is -2.38. The molecule has 2 aromatic heterocycles. The molecular weight excluding hydrogens is 268 g/mol. The minimum absolute atomic E-state index is 1.21. The molecule has 0 fully saturated rings. The van der Waals surface area contributed by atoms with E-state index in [1.807, 2.05) is 0 Å². The van der Waals surface area contributed by atoms with Crippen LogP contribution in [0.4, 0.5) is 0 Å². The summed E-state index contributed by atoms with van der Waals surface area (Å²) in [6.45, 7) is 0. The smallest absolute Gasteiger partial charge is 0.196 e. The molecule has 2 aromatic carbocycles. The average Bonchev–Trinajstić information content (AvgIpc) is 2.54. The monoisotopic (exact) mass is 286 g/mol. The Labute approximate surface area is 129 Å². The van der Waals surface area contributed by atoms with E-state index in [0.29, 0.717) is 0 Å². The van der Waals surface area contributed by atoms with Crippen LogP contribution in [0.2, 0.25) is 0 Å².